The number of hydrogen-bond donors (Lipinski definition) is 1. The quantitative estimate of drug-likeness (QED) is 0.298. The summed E-state index contributed by atoms with van der Waals surface area (Å²) < 4.78 is 0. The molecule has 0 radical (unpaired) electrons. The average molecular weight is 537 g/mol. The van der Waals surface area contributed by atoms with Gasteiger partial charge in [0.05, 0.1) is 11.2 Å². The lowest BCUT2D eigenvalue weighted by Gasteiger charge is -2.40. The summed E-state index contributed by atoms with van der Waals surface area (Å²) >= 11 is 0. The second-order valence-electron chi connectivity index (χ2n) is 9.82. The van der Waals surface area contributed by atoms with Crippen molar-refractivity contribution in [1.29, 1.82) is 0 Å². The van der Waals surface area contributed by atoms with E-state index in [2.05, 4.69) is 78.7 Å². The molecule has 194 valence electrons. The third kappa shape index (κ3) is 7.10. The van der Waals surface area contributed by atoms with Crippen LogP contribution in [-0.4, -0.2) is 34.4 Å². The van der Waals surface area contributed by atoms with E-state index in [-0.39, 0.29) is 36.8 Å². The number of aromatic nitrogens is 1. The number of nitrogens with zero attached hydrogens (tertiary/aromatic N) is 2. The molecule has 1 fully saturated rings. The fourth-order valence-corrected chi connectivity index (χ4v) is 5.30. The predicted molar refractivity (Wildman–Crippen MR) is 157 cm³/mol. The molecule has 1 aliphatic rings. The van der Waals surface area contributed by atoms with Crippen LogP contribution in [0.4, 0.5) is 0 Å². The van der Waals surface area contributed by atoms with Gasteiger partial charge in [0.2, 0.25) is 0 Å². The predicted octanol–water partition coefficient (Wildman–Crippen LogP) is 6.70. The van der Waals surface area contributed by atoms with Gasteiger partial charge in [0.15, 0.2) is 0 Å². The molecular weight excluding hydrogens is 501 g/mol. The number of fused-ring (bicyclic) bond motifs is 1. The molecule has 4 nitrogen and oxygen atoms in total. The second kappa shape index (κ2) is 13.0. The maximum atomic E-state index is 13.6. The van der Waals surface area contributed by atoms with Gasteiger partial charge >= 0.3 is 0 Å². The van der Waals surface area contributed by atoms with Crippen molar-refractivity contribution in [2.45, 2.75) is 51.7 Å². The van der Waals surface area contributed by atoms with Gasteiger partial charge in [0.25, 0.3) is 5.91 Å². The lowest BCUT2D eigenvalue weighted by Crippen LogP contribution is -2.51. The summed E-state index contributed by atoms with van der Waals surface area (Å²) in [5.41, 5.74) is 6.42. The summed E-state index contributed by atoms with van der Waals surface area (Å²) in [7, 11) is 0. The van der Waals surface area contributed by atoms with Gasteiger partial charge in [-0.15, -0.1) is 24.8 Å². The van der Waals surface area contributed by atoms with Crippen molar-refractivity contribution in [3.63, 3.8) is 0 Å². The van der Waals surface area contributed by atoms with Gasteiger partial charge in [-0.1, -0.05) is 71.8 Å². The lowest BCUT2D eigenvalue weighted by atomic mass is 9.91. The van der Waals surface area contributed by atoms with Gasteiger partial charge in [-0.05, 0) is 62.9 Å². The van der Waals surface area contributed by atoms with Gasteiger partial charge in [-0.3, -0.25) is 9.78 Å². The van der Waals surface area contributed by atoms with E-state index < -0.39 is 0 Å². The summed E-state index contributed by atoms with van der Waals surface area (Å²) in [6.07, 6.45) is 2.73. The van der Waals surface area contributed by atoms with E-state index in [9.17, 15) is 4.79 Å². The maximum Gasteiger partial charge on any atom is 0.254 e. The highest BCUT2D eigenvalue weighted by atomic mass is 35.5. The molecule has 1 N–H and O–H groups in total. The minimum absolute atomic E-state index is 0. The molecule has 2 heterocycles. The molecule has 2 atom stereocenters. The Kier molecular flexibility index (Phi) is 10.1. The zero-order chi connectivity index (χ0) is 24.2. The maximum absolute atomic E-state index is 13.6. The van der Waals surface area contributed by atoms with Crippen molar-refractivity contribution in [3.05, 3.63) is 113 Å². The summed E-state index contributed by atoms with van der Waals surface area (Å²) in [4.78, 5) is 20.5. The molecule has 0 bridgehead atoms. The first-order valence-electron chi connectivity index (χ1n) is 12.6. The normalized spacial score (nSPS) is 17.1. The highest BCUT2D eigenvalue weighted by Crippen LogP contribution is 2.25. The number of likely N-dealkylation sites (tertiary alicyclic amines) is 1. The molecule has 0 saturated carbocycles. The number of carbonyl (C=O) groups excluding carboxylic acids is 1. The van der Waals surface area contributed by atoms with Gasteiger partial charge in [0.1, 0.15) is 0 Å². The molecule has 1 saturated heterocycles. The smallest absolute Gasteiger partial charge is 0.254 e. The summed E-state index contributed by atoms with van der Waals surface area (Å²) in [5, 5.41) is 4.90. The Morgan fingerprint density at radius 1 is 0.919 bits per heavy atom. The molecule has 37 heavy (non-hydrogen) atoms. The molecule has 6 heteroatoms. The summed E-state index contributed by atoms with van der Waals surface area (Å²) in [5.74, 6) is 0.146. The standard InChI is InChI=1S/C31H33N3O.2ClH/c1-22-16-23(2)18-26(17-22)31(35)34-15-14-27(20-29(34)19-24-8-4-3-5-9-24)32-21-28-13-12-25-10-6-7-11-30(25)33-28;;/h3-13,16-18,27,29,32H,14-15,19-21H2,1-2H3;2*1H/t27-,29+;;/m0../s1. The Balaban J connectivity index is 0.00000190. The first-order valence-corrected chi connectivity index (χ1v) is 12.6. The first kappa shape index (κ1) is 28.6. The van der Waals surface area contributed by atoms with Gasteiger partial charge in [-0.2, -0.15) is 0 Å². The van der Waals surface area contributed by atoms with Crippen LogP contribution in [0, 0.1) is 13.8 Å². The molecule has 1 amide bonds. The Bertz CT molecular complexity index is 1310. The van der Waals surface area contributed by atoms with E-state index in [1.165, 1.54) is 5.56 Å². The molecule has 1 aliphatic heterocycles. The van der Waals surface area contributed by atoms with Gasteiger partial charge in [0, 0.05) is 36.1 Å². The van der Waals surface area contributed by atoms with Crippen molar-refractivity contribution >= 4 is 41.6 Å². The van der Waals surface area contributed by atoms with Crippen molar-refractivity contribution in [1.82, 2.24) is 15.2 Å². The average Bonchev–Trinajstić information content (AvgIpc) is 2.87. The molecule has 0 aliphatic carbocycles. The molecule has 5 rings (SSSR count). The van der Waals surface area contributed by atoms with Gasteiger partial charge < -0.3 is 10.2 Å². The fourth-order valence-electron chi connectivity index (χ4n) is 5.30. The molecule has 3 aromatic carbocycles. The first-order chi connectivity index (χ1) is 17.0. The number of amides is 1. The third-order valence-corrected chi connectivity index (χ3v) is 6.99. The van der Waals surface area contributed by atoms with Crippen molar-refractivity contribution in [2.24, 2.45) is 0 Å². The summed E-state index contributed by atoms with van der Waals surface area (Å²) in [6.45, 7) is 5.61. The van der Waals surface area contributed by atoms with Crippen molar-refractivity contribution in [3.8, 4) is 0 Å². The van der Waals surface area contributed by atoms with Crippen LogP contribution in [0.2, 0.25) is 0 Å². The number of nitrogens with one attached hydrogen (secondary N) is 1. The van der Waals surface area contributed by atoms with E-state index in [4.69, 9.17) is 4.98 Å². The number of aryl methyl sites for hydroxylation is 2. The van der Waals surface area contributed by atoms with E-state index in [1.54, 1.807) is 0 Å². The largest absolute Gasteiger partial charge is 0.335 e. The Morgan fingerprint density at radius 2 is 1.62 bits per heavy atom. The second-order valence-corrected chi connectivity index (χ2v) is 9.82. The third-order valence-electron chi connectivity index (χ3n) is 6.99. The van der Waals surface area contributed by atoms with Crippen LogP contribution in [0.5, 0.6) is 0 Å². The van der Waals surface area contributed by atoms with Gasteiger partial charge in [-0.25, -0.2) is 0 Å². The minimum Gasteiger partial charge on any atom is -0.335 e. The SMILES string of the molecule is Cc1cc(C)cc(C(=O)N2CC[C@H](NCc3ccc4ccccc4n3)C[C@H]2Cc2ccccc2)c1.Cl.Cl. The minimum atomic E-state index is 0. The molecule has 0 spiro atoms. The van der Waals surface area contributed by atoms with Crippen LogP contribution >= 0.6 is 24.8 Å². The zero-order valence-corrected chi connectivity index (χ0v) is 23.0. The number of pyridine rings is 1. The number of rotatable bonds is 6. The van der Waals surface area contributed by atoms with E-state index >= 15 is 0 Å². The van der Waals surface area contributed by atoms with Crippen molar-refractivity contribution in [2.75, 3.05) is 6.54 Å². The number of hydrogen-bond acceptors (Lipinski definition) is 3. The summed E-state index contributed by atoms with van der Waals surface area (Å²) in [6, 6.07) is 29.7. The Labute approximate surface area is 232 Å². The number of benzene rings is 3. The van der Waals surface area contributed by atoms with Crippen LogP contribution < -0.4 is 5.32 Å². The zero-order valence-electron chi connectivity index (χ0n) is 21.4. The topological polar surface area (TPSA) is 45.2 Å². The fraction of sp³-hybridized carbons (Fsp3) is 0.290. The number of carbonyl (C=O) groups is 1. The lowest BCUT2D eigenvalue weighted by molar-refractivity contribution is 0.0576. The highest BCUT2D eigenvalue weighted by molar-refractivity contribution is 5.95. The van der Waals surface area contributed by atoms with Crippen molar-refractivity contribution < 1.29 is 4.79 Å². The number of piperidine rings is 1. The number of para-hydroxylation sites is 1. The molecule has 0 unspecified atom stereocenters. The van der Waals surface area contributed by atoms with E-state index in [0.717, 1.165) is 65.6 Å². The number of halogens is 2. The Hall–Kier alpha value is -2.92. The van der Waals surface area contributed by atoms with E-state index in [0.29, 0.717) is 6.04 Å². The Morgan fingerprint density at radius 3 is 2.38 bits per heavy atom. The van der Waals surface area contributed by atoms with Crippen LogP contribution in [-0.2, 0) is 13.0 Å². The highest BCUT2D eigenvalue weighted by Gasteiger charge is 2.32. The van der Waals surface area contributed by atoms with Crippen LogP contribution in [0.1, 0.15) is 45.6 Å². The molecule has 1 aromatic heterocycles. The van der Waals surface area contributed by atoms with Crippen LogP contribution in [0.15, 0.2) is 84.9 Å². The monoisotopic (exact) mass is 535 g/mol. The molecular formula is C31H35Cl2N3O. The van der Waals surface area contributed by atoms with E-state index in [1.807, 2.05) is 30.3 Å². The molecule has 4 aromatic rings. The van der Waals surface area contributed by atoms with Crippen LogP contribution in [0.25, 0.3) is 10.9 Å². The van der Waals surface area contributed by atoms with Crippen LogP contribution in [0.3, 0.4) is 0 Å².